The van der Waals surface area contributed by atoms with E-state index < -0.39 is 11.6 Å². The van der Waals surface area contributed by atoms with Gasteiger partial charge in [0.1, 0.15) is 18.1 Å². The number of fused-ring (bicyclic) bond motifs is 1. The lowest BCUT2D eigenvalue weighted by atomic mass is 10.1. The van der Waals surface area contributed by atoms with Crippen LogP contribution in [0.1, 0.15) is 11.1 Å². The van der Waals surface area contributed by atoms with Crippen molar-refractivity contribution in [2.75, 3.05) is 0 Å². The van der Waals surface area contributed by atoms with E-state index in [1.807, 2.05) is 12.1 Å². The third kappa shape index (κ3) is 5.46. The number of thioether (sulfide) groups is 1. The second-order valence-corrected chi connectivity index (χ2v) is 7.94. The summed E-state index contributed by atoms with van der Waals surface area (Å²) in [6.45, 7) is 0.165. The molecule has 0 radical (unpaired) electrons. The summed E-state index contributed by atoms with van der Waals surface area (Å²) in [5.74, 6) is -0.0312. The minimum absolute atomic E-state index is 0.165. The van der Waals surface area contributed by atoms with E-state index in [0.29, 0.717) is 23.3 Å². The van der Waals surface area contributed by atoms with Crippen molar-refractivity contribution < 1.29 is 32.2 Å². The zero-order valence-electron chi connectivity index (χ0n) is 15.8. The monoisotopic (exact) mass is 448 g/mol. The molecule has 31 heavy (non-hydrogen) atoms. The minimum atomic E-state index is -4.73. The van der Waals surface area contributed by atoms with Gasteiger partial charge in [0.2, 0.25) is 5.91 Å². The van der Waals surface area contributed by atoms with Crippen LogP contribution in [0.5, 0.6) is 11.5 Å². The van der Waals surface area contributed by atoms with Gasteiger partial charge in [-0.05, 0) is 47.9 Å². The Labute approximate surface area is 178 Å². The number of alkyl halides is 3. The lowest BCUT2D eigenvalue weighted by molar-refractivity contribution is -0.274. The van der Waals surface area contributed by atoms with Gasteiger partial charge >= 0.3 is 6.36 Å². The molecule has 1 aliphatic heterocycles. The second-order valence-electron chi connectivity index (χ2n) is 6.77. The molecule has 1 unspecified atom stereocenters. The first kappa shape index (κ1) is 21.0. The van der Waals surface area contributed by atoms with Crippen molar-refractivity contribution in [3.05, 3.63) is 65.9 Å². The van der Waals surface area contributed by atoms with Gasteiger partial charge in [-0.25, -0.2) is 0 Å². The summed E-state index contributed by atoms with van der Waals surface area (Å²) >= 11 is 0.973. The molecule has 0 spiro atoms. The van der Waals surface area contributed by atoms with Gasteiger partial charge in [-0.15, -0.1) is 13.2 Å². The summed E-state index contributed by atoms with van der Waals surface area (Å²) in [4.78, 5) is 27.4. The van der Waals surface area contributed by atoms with Crippen LogP contribution in [0.15, 0.2) is 54.7 Å². The van der Waals surface area contributed by atoms with E-state index in [0.717, 1.165) is 22.7 Å². The highest BCUT2D eigenvalue weighted by molar-refractivity contribution is 8.15. The highest BCUT2D eigenvalue weighted by atomic mass is 32.2. The molecule has 1 fully saturated rings. The molecule has 1 saturated heterocycles. The first-order valence-electron chi connectivity index (χ1n) is 9.13. The van der Waals surface area contributed by atoms with Crippen molar-refractivity contribution in [2.45, 2.75) is 24.6 Å². The zero-order chi connectivity index (χ0) is 22.0. The van der Waals surface area contributed by atoms with Gasteiger partial charge in [-0.3, -0.25) is 19.9 Å². The van der Waals surface area contributed by atoms with E-state index in [9.17, 15) is 22.8 Å². The fourth-order valence-corrected chi connectivity index (χ4v) is 3.90. The second kappa shape index (κ2) is 8.46. The first-order chi connectivity index (χ1) is 14.7. The number of nitrogens with one attached hydrogen (secondary N) is 1. The molecule has 6 nitrogen and oxygen atoms in total. The molecule has 1 N–H and O–H groups in total. The lowest BCUT2D eigenvalue weighted by Gasteiger charge is -2.11. The number of imide groups is 1. The number of nitrogens with zero attached hydrogens (tertiary/aromatic N) is 1. The number of carbonyl (C=O) groups is 2. The summed E-state index contributed by atoms with van der Waals surface area (Å²) in [6, 6.07) is 12.7. The molecular formula is C21H15F3N2O4S. The van der Waals surface area contributed by atoms with E-state index in [2.05, 4.69) is 15.0 Å². The number of aromatic nitrogens is 1. The lowest BCUT2D eigenvalue weighted by Crippen LogP contribution is -2.25. The highest BCUT2D eigenvalue weighted by Gasteiger charge is 2.32. The van der Waals surface area contributed by atoms with Crippen LogP contribution in [0, 0.1) is 0 Å². The molecule has 0 bridgehead atoms. The summed E-state index contributed by atoms with van der Waals surface area (Å²) in [5, 5.41) is 2.32. The minimum Gasteiger partial charge on any atom is -0.489 e. The Morgan fingerprint density at radius 3 is 2.42 bits per heavy atom. The number of rotatable bonds is 6. The van der Waals surface area contributed by atoms with Crippen molar-refractivity contribution in [2.24, 2.45) is 0 Å². The smallest absolute Gasteiger partial charge is 0.489 e. The van der Waals surface area contributed by atoms with Crippen LogP contribution in [0.25, 0.3) is 10.9 Å². The average Bonchev–Trinajstić information content (AvgIpc) is 3.03. The van der Waals surface area contributed by atoms with Gasteiger partial charge in [0.15, 0.2) is 0 Å². The van der Waals surface area contributed by atoms with Crippen LogP contribution in [-0.4, -0.2) is 27.7 Å². The third-order valence-corrected chi connectivity index (χ3v) is 5.44. The van der Waals surface area contributed by atoms with Crippen molar-refractivity contribution in [3.8, 4) is 11.5 Å². The fourth-order valence-electron chi connectivity index (χ4n) is 3.04. The van der Waals surface area contributed by atoms with Gasteiger partial charge in [0.25, 0.3) is 5.24 Å². The number of hydrogen-bond donors (Lipinski definition) is 1. The Balaban J connectivity index is 1.39. The van der Waals surface area contributed by atoms with Crippen molar-refractivity contribution in [3.63, 3.8) is 0 Å². The highest BCUT2D eigenvalue weighted by Crippen LogP contribution is 2.26. The standard InChI is InChI=1S/C21H15F3N2O4S/c22-21(23,24)30-15-4-1-12(2-5-15)11-29-16-6-3-14-7-13(10-25-17(14)9-16)8-18-19(27)26-20(28)31-18/h1-7,9-10,18H,8,11H2,(H,26,27,28). The van der Waals surface area contributed by atoms with Crippen LogP contribution < -0.4 is 14.8 Å². The first-order valence-corrected chi connectivity index (χ1v) is 10.0. The Kier molecular flexibility index (Phi) is 5.73. The van der Waals surface area contributed by atoms with Crippen molar-refractivity contribution >= 4 is 33.8 Å². The summed E-state index contributed by atoms with van der Waals surface area (Å²) in [5.41, 5.74) is 2.21. The van der Waals surface area contributed by atoms with Gasteiger partial charge in [-0.2, -0.15) is 0 Å². The molecule has 160 valence electrons. The van der Waals surface area contributed by atoms with Gasteiger partial charge in [0, 0.05) is 17.6 Å². The molecule has 2 aromatic carbocycles. The summed E-state index contributed by atoms with van der Waals surface area (Å²) in [6.07, 6.45) is -2.67. The topological polar surface area (TPSA) is 77.5 Å². The van der Waals surface area contributed by atoms with E-state index in [-0.39, 0.29) is 23.5 Å². The molecule has 1 aromatic heterocycles. The molecule has 3 aromatic rings. The molecule has 0 saturated carbocycles. The predicted octanol–water partition coefficient (Wildman–Crippen LogP) is 4.61. The quantitative estimate of drug-likeness (QED) is 0.594. The Morgan fingerprint density at radius 2 is 1.74 bits per heavy atom. The molecule has 2 heterocycles. The molecule has 10 heteroatoms. The van der Waals surface area contributed by atoms with Gasteiger partial charge in [-0.1, -0.05) is 23.9 Å². The molecule has 2 amide bonds. The average molecular weight is 448 g/mol. The van der Waals surface area contributed by atoms with Crippen LogP contribution in [-0.2, 0) is 17.8 Å². The van der Waals surface area contributed by atoms with Crippen LogP contribution >= 0.6 is 11.8 Å². The van der Waals surface area contributed by atoms with Crippen LogP contribution in [0.2, 0.25) is 0 Å². The van der Waals surface area contributed by atoms with E-state index >= 15 is 0 Å². The maximum Gasteiger partial charge on any atom is 0.573 e. The number of amides is 2. The summed E-state index contributed by atoms with van der Waals surface area (Å²) in [7, 11) is 0. The van der Waals surface area contributed by atoms with Gasteiger partial charge in [0.05, 0.1) is 10.8 Å². The molecule has 1 aliphatic rings. The predicted molar refractivity (Wildman–Crippen MR) is 108 cm³/mol. The van der Waals surface area contributed by atoms with Crippen molar-refractivity contribution in [1.82, 2.24) is 10.3 Å². The zero-order valence-corrected chi connectivity index (χ0v) is 16.6. The Morgan fingerprint density at radius 1 is 1.00 bits per heavy atom. The van der Waals surface area contributed by atoms with Gasteiger partial charge < -0.3 is 9.47 Å². The SMILES string of the molecule is O=C1NC(=O)C(Cc2cnc3cc(OCc4ccc(OC(F)(F)F)cc4)ccc3c2)S1. The number of carbonyl (C=O) groups excluding carboxylic acids is 2. The Bertz CT molecular complexity index is 1140. The van der Waals surface area contributed by atoms with Crippen LogP contribution in [0.4, 0.5) is 18.0 Å². The fraction of sp³-hybridized carbons (Fsp3) is 0.190. The largest absolute Gasteiger partial charge is 0.573 e. The third-order valence-electron chi connectivity index (χ3n) is 4.46. The van der Waals surface area contributed by atoms with Crippen molar-refractivity contribution in [1.29, 1.82) is 0 Å². The molecule has 4 rings (SSSR count). The maximum atomic E-state index is 12.2. The van der Waals surface area contributed by atoms with E-state index in [1.165, 1.54) is 24.3 Å². The normalized spacial score (nSPS) is 16.4. The molecule has 0 aliphatic carbocycles. The number of ether oxygens (including phenoxy) is 2. The number of halogens is 3. The maximum absolute atomic E-state index is 12.2. The van der Waals surface area contributed by atoms with Crippen LogP contribution in [0.3, 0.4) is 0 Å². The van der Waals surface area contributed by atoms with E-state index in [4.69, 9.17) is 4.74 Å². The van der Waals surface area contributed by atoms with E-state index in [1.54, 1.807) is 18.3 Å². The number of benzene rings is 2. The molecule has 1 atom stereocenters. The Hall–Kier alpha value is -3.27. The molecular weight excluding hydrogens is 433 g/mol. The summed E-state index contributed by atoms with van der Waals surface area (Å²) < 4.78 is 46.2. The number of hydrogen-bond acceptors (Lipinski definition) is 6. The number of pyridine rings is 1.